The summed E-state index contributed by atoms with van der Waals surface area (Å²) in [5.74, 6) is -1.06. The molecule has 0 saturated carbocycles. The van der Waals surface area contributed by atoms with Crippen molar-refractivity contribution >= 4 is 23.4 Å². The lowest BCUT2D eigenvalue weighted by molar-refractivity contribution is -0.126. The zero-order chi connectivity index (χ0) is 17.9. The molecule has 8 nitrogen and oxygen atoms in total. The Balaban J connectivity index is 2.40. The summed E-state index contributed by atoms with van der Waals surface area (Å²) in [6, 6.07) is 6.50. The first kappa shape index (κ1) is 19.6. The van der Waals surface area contributed by atoms with E-state index in [-0.39, 0.29) is 24.7 Å². The molecule has 0 fully saturated rings. The van der Waals surface area contributed by atoms with Crippen LogP contribution in [0.15, 0.2) is 24.3 Å². The number of benzene rings is 1. The molecule has 3 amide bonds. The number of hydrogen-bond acceptors (Lipinski definition) is 5. The molecule has 1 aromatic carbocycles. The van der Waals surface area contributed by atoms with Crippen molar-refractivity contribution in [2.24, 2.45) is 5.73 Å². The second-order valence-corrected chi connectivity index (χ2v) is 5.29. The highest BCUT2D eigenvalue weighted by Gasteiger charge is 2.15. The smallest absolute Gasteiger partial charge is 0.246 e. The molecule has 1 atom stereocenters. The van der Waals surface area contributed by atoms with Gasteiger partial charge in [-0.05, 0) is 31.0 Å². The number of carbonyl (C=O) groups excluding carboxylic acids is 3. The Morgan fingerprint density at radius 1 is 1.17 bits per heavy atom. The molecule has 5 N–H and O–H groups in total. The van der Waals surface area contributed by atoms with E-state index in [1.165, 1.54) is 0 Å². The molecule has 132 valence electrons. The number of anilines is 1. The Morgan fingerprint density at radius 3 is 2.42 bits per heavy atom. The van der Waals surface area contributed by atoms with E-state index in [0.717, 1.165) is 5.56 Å². The van der Waals surface area contributed by atoms with Crippen LogP contribution in [0.1, 0.15) is 31.7 Å². The van der Waals surface area contributed by atoms with Gasteiger partial charge in [-0.15, -0.1) is 0 Å². The average Bonchev–Trinajstić information content (AvgIpc) is 2.53. The number of hydroxylamine groups is 1. The number of primary amides is 1. The third-order valence-electron chi connectivity index (χ3n) is 3.20. The van der Waals surface area contributed by atoms with E-state index in [0.29, 0.717) is 18.7 Å². The summed E-state index contributed by atoms with van der Waals surface area (Å²) in [5, 5.41) is 5.30. The van der Waals surface area contributed by atoms with Crippen LogP contribution in [0.3, 0.4) is 0 Å². The number of rotatable bonds is 10. The third-order valence-corrected chi connectivity index (χ3v) is 3.20. The minimum atomic E-state index is -0.682. The van der Waals surface area contributed by atoms with Crippen LogP contribution in [-0.2, 0) is 25.8 Å². The van der Waals surface area contributed by atoms with Crippen LogP contribution in [0.25, 0.3) is 0 Å². The second-order valence-electron chi connectivity index (χ2n) is 5.29. The molecule has 0 aliphatic heterocycles. The van der Waals surface area contributed by atoms with Gasteiger partial charge in [-0.25, -0.2) is 5.48 Å². The first-order valence-electron chi connectivity index (χ1n) is 7.68. The lowest BCUT2D eigenvalue weighted by atomic mass is 10.2. The lowest BCUT2D eigenvalue weighted by Crippen LogP contribution is -2.41. The first-order valence-corrected chi connectivity index (χ1v) is 7.68. The standard InChI is InChI=1S/C16H24N4O4/c1-11(19-15(22)5-3-4-14(17)21)16(23)20-13-8-6-12(7-9-13)10-24-18-2/h6-9,11,18H,3-5,10H2,1-2H3,(H2,17,21)(H,19,22)(H,20,23)/t11-/m1/s1. The van der Waals surface area contributed by atoms with Gasteiger partial charge in [0.1, 0.15) is 6.04 Å². The Labute approximate surface area is 141 Å². The van der Waals surface area contributed by atoms with Gasteiger partial charge in [-0.3, -0.25) is 19.2 Å². The van der Waals surface area contributed by atoms with Gasteiger partial charge < -0.3 is 16.4 Å². The van der Waals surface area contributed by atoms with Crippen LogP contribution in [0.5, 0.6) is 0 Å². The molecule has 0 heterocycles. The summed E-state index contributed by atoms with van der Waals surface area (Å²) < 4.78 is 0. The van der Waals surface area contributed by atoms with Crippen molar-refractivity contribution in [2.45, 2.75) is 38.8 Å². The minimum absolute atomic E-state index is 0.150. The van der Waals surface area contributed by atoms with E-state index in [1.807, 2.05) is 12.1 Å². The van der Waals surface area contributed by atoms with Crippen molar-refractivity contribution in [2.75, 3.05) is 12.4 Å². The van der Waals surface area contributed by atoms with E-state index >= 15 is 0 Å². The quantitative estimate of drug-likeness (QED) is 0.462. The normalized spacial score (nSPS) is 11.6. The Bertz CT molecular complexity index is 560. The molecular formula is C16H24N4O4. The molecule has 24 heavy (non-hydrogen) atoms. The lowest BCUT2D eigenvalue weighted by Gasteiger charge is -2.14. The maximum Gasteiger partial charge on any atom is 0.246 e. The zero-order valence-corrected chi connectivity index (χ0v) is 13.9. The largest absolute Gasteiger partial charge is 0.370 e. The molecule has 0 unspecified atom stereocenters. The molecule has 0 aliphatic rings. The van der Waals surface area contributed by atoms with E-state index in [9.17, 15) is 14.4 Å². The minimum Gasteiger partial charge on any atom is -0.370 e. The van der Waals surface area contributed by atoms with Gasteiger partial charge in [0.15, 0.2) is 0 Å². The van der Waals surface area contributed by atoms with E-state index in [1.54, 1.807) is 26.1 Å². The summed E-state index contributed by atoms with van der Waals surface area (Å²) in [7, 11) is 1.68. The third kappa shape index (κ3) is 7.70. The maximum absolute atomic E-state index is 12.1. The maximum atomic E-state index is 12.1. The van der Waals surface area contributed by atoms with E-state index in [4.69, 9.17) is 10.6 Å². The van der Waals surface area contributed by atoms with Gasteiger partial charge in [0.2, 0.25) is 17.7 Å². The molecule has 0 radical (unpaired) electrons. The number of nitrogens with one attached hydrogen (secondary N) is 3. The van der Waals surface area contributed by atoms with Crippen LogP contribution in [0.2, 0.25) is 0 Å². The van der Waals surface area contributed by atoms with Crippen molar-refractivity contribution < 1.29 is 19.2 Å². The fourth-order valence-corrected chi connectivity index (χ4v) is 1.89. The van der Waals surface area contributed by atoms with Crippen molar-refractivity contribution in [3.8, 4) is 0 Å². The number of hydrogen-bond donors (Lipinski definition) is 4. The zero-order valence-electron chi connectivity index (χ0n) is 13.9. The molecule has 0 spiro atoms. The van der Waals surface area contributed by atoms with Crippen molar-refractivity contribution in [3.63, 3.8) is 0 Å². The fourth-order valence-electron chi connectivity index (χ4n) is 1.89. The summed E-state index contributed by atoms with van der Waals surface area (Å²) in [5.41, 5.74) is 9.17. The Kier molecular flexibility index (Phi) is 8.45. The SMILES string of the molecule is CNOCc1ccc(NC(=O)[C@@H](C)NC(=O)CCCC(N)=O)cc1. The summed E-state index contributed by atoms with van der Waals surface area (Å²) in [6.45, 7) is 2.01. The molecule has 0 aromatic heterocycles. The monoisotopic (exact) mass is 336 g/mol. The Hall–Kier alpha value is -2.45. The summed E-state index contributed by atoms with van der Waals surface area (Å²) in [6.07, 6.45) is 0.671. The summed E-state index contributed by atoms with van der Waals surface area (Å²) in [4.78, 5) is 39.4. The van der Waals surface area contributed by atoms with Crippen molar-refractivity contribution in [3.05, 3.63) is 29.8 Å². The predicted molar refractivity (Wildman–Crippen MR) is 89.6 cm³/mol. The molecular weight excluding hydrogens is 312 g/mol. The number of nitrogens with two attached hydrogens (primary N) is 1. The Morgan fingerprint density at radius 2 is 1.83 bits per heavy atom. The van der Waals surface area contributed by atoms with Crippen molar-refractivity contribution in [1.29, 1.82) is 0 Å². The van der Waals surface area contributed by atoms with Gasteiger partial charge in [0.25, 0.3) is 0 Å². The van der Waals surface area contributed by atoms with E-state index in [2.05, 4.69) is 16.1 Å². The van der Waals surface area contributed by atoms with Crippen LogP contribution in [-0.4, -0.2) is 30.8 Å². The van der Waals surface area contributed by atoms with E-state index < -0.39 is 11.9 Å². The van der Waals surface area contributed by atoms with Crippen LogP contribution in [0, 0.1) is 0 Å². The van der Waals surface area contributed by atoms with Gasteiger partial charge in [0.05, 0.1) is 6.61 Å². The highest BCUT2D eigenvalue weighted by molar-refractivity contribution is 5.96. The molecule has 1 aromatic rings. The van der Waals surface area contributed by atoms with Gasteiger partial charge >= 0.3 is 0 Å². The molecule has 8 heteroatoms. The van der Waals surface area contributed by atoms with Crippen LogP contribution >= 0.6 is 0 Å². The number of carbonyl (C=O) groups is 3. The topological polar surface area (TPSA) is 123 Å². The highest BCUT2D eigenvalue weighted by Crippen LogP contribution is 2.10. The highest BCUT2D eigenvalue weighted by atomic mass is 16.6. The first-order chi connectivity index (χ1) is 11.4. The van der Waals surface area contributed by atoms with Gasteiger partial charge in [0, 0.05) is 25.6 Å². The molecule has 0 aliphatic carbocycles. The molecule has 1 rings (SSSR count). The average molecular weight is 336 g/mol. The predicted octanol–water partition coefficient (Wildman–Crippen LogP) is 0.436. The van der Waals surface area contributed by atoms with Crippen LogP contribution < -0.4 is 21.8 Å². The number of amides is 3. The second kappa shape index (κ2) is 10.3. The van der Waals surface area contributed by atoms with Gasteiger partial charge in [-0.1, -0.05) is 12.1 Å². The molecule has 0 bridgehead atoms. The molecule has 0 saturated heterocycles. The van der Waals surface area contributed by atoms with Crippen LogP contribution in [0.4, 0.5) is 5.69 Å². The van der Waals surface area contributed by atoms with Gasteiger partial charge in [-0.2, -0.15) is 0 Å². The van der Waals surface area contributed by atoms with Crippen molar-refractivity contribution in [1.82, 2.24) is 10.8 Å². The summed E-state index contributed by atoms with van der Waals surface area (Å²) >= 11 is 0. The fraction of sp³-hybridized carbons (Fsp3) is 0.438.